The number of carboxylic acid groups (broad SMARTS) is 1. The monoisotopic (exact) mass is 190 g/mol. The average Bonchev–Trinajstić information content (AvgIpc) is 2.12. The van der Waals surface area contributed by atoms with E-state index in [2.05, 4.69) is 0 Å². The summed E-state index contributed by atoms with van der Waals surface area (Å²) in [6.07, 6.45) is 0.542. The molecule has 2 nitrogen and oxygen atoms in total. The molecule has 78 valence electrons. The minimum Gasteiger partial charge on any atom is -0.479 e. The van der Waals surface area contributed by atoms with Crippen LogP contribution in [0.4, 0.5) is 4.39 Å². The molecule has 0 saturated carbocycles. The van der Waals surface area contributed by atoms with Crippen LogP contribution in [0.2, 0.25) is 0 Å². The van der Waals surface area contributed by atoms with E-state index in [9.17, 15) is 9.18 Å². The maximum atomic E-state index is 13.1. The van der Waals surface area contributed by atoms with E-state index < -0.39 is 12.1 Å². The van der Waals surface area contributed by atoms with E-state index in [1.165, 1.54) is 0 Å². The van der Waals surface area contributed by atoms with E-state index in [-0.39, 0.29) is 5.92 Å². The van der Waals surface area contributed by atoms with Crippen molar-refractivity contribution in [2.45, 2.75) is 46.2 Å². The SMILES string of the molecule is CCC(C)CC(CC)C(F)C(=O)O. The van der Waals surface area contributed by atoms with Crippen LogP contribution in [0.3, 0.4) is 0 Å². The minimum absolute atomic E-state index is 0.326. The average molecular weight is 190 g/mol. The summed E-state index contributed by atoms with van der Waals surface area (Å²) < 4.78 is 13.1. The lowest BCUT2D eigenvalue weighted by molar-refractivity contribution is -0.145. The summed E-state index contributed by atoms with van der Waals surface area (Å²) >= 11 is 0. The van der Waals surface area contributed by atoms with Crippen molar-refractivity contribution in [1.29, 1.82) is 0 Å². The smallest absolute Gasteiger partial charge is 0.338 e. The van der Waals surface area contributed by atoms with Crippen molar-refractivity contribution in [3.63, 3.8) is 0 Å². The first-order valence-electron chi connectivity index (χ1n) is 4.89. The zero-order valence-electron chi connectivity index (χ0n) is 8.59. The Balaban J connectivity index is 4.09. The van der Waals surface area contributed by atoms with E-state index in [0.29, 0.717) is 18.8 Å². The Labute approximate surface area is 79.1 Å². The molecule has 0 aromatic heterocycles. The van der Waals surface area contributed by atoms with Gasteiger partial charge in [-0.2, -0.15) is 0 Å². The molecule has 0 amide bonds. The molecule has 1 N–H and O–H groups in total. The highest BCUT2D eigenvalue weighted by Gasteiger charge is 2.27. The number of rotatable bonds is 6. The number of hydrogen-bond acceptors (Lipinski definition) is 1. The number of carbonyl (C=O) groups is 1. The second-order valence-corrected chi connectivity index (χ2v) is 3.66. The third-order valence-electron chi connectivity index (χ3n) is 2.58. The first kappa shape index (κ1) is 12.4. The maximum absolute atomic E-state index is 13.1. The third kappa shape index (κ3) is 4.25. The number of hydrogen-bond donors (Lipinski definition) is 1. The molecule has 0 aliphatic rings. The van der Waals surface area contributed by atoms with Gasteiger partial charge in [0.1, 0.15) is 0 Å². The van der Waals surface area contributed by atoms with E-state index >= 15 is 0 Å². The Kier molecular flexibility index (Phi) is 5.67. The molecule has 0 aromatic rings. The van der Waals surface area contributed by atoms with Gasteiger partial charge in [0.05, 0.1) is 0 Å². The lowest BCUT2D eigenvalue weighted by Crippen LogP contribution is -2.26. The Morgan fingerprint density at radius 1 is 1.38 bits per heavy atom. The van der Waals surface area contributed by atoms with Crippen LogP contribution in [0.1, 0.15) is 40.0 Å². The number of halogens is 1. The van der Waals surface area contributed by atoms with E-state index in [1.54, 1.807) is 0 Å². The van der Waals surface area contributed by atoms with Crippen LogP contribution < -0.4 is 0 Å². The molecule has 0 aromatic carbocycles. The summed E-state index contributed by atoms with van der Waals surface area (Å²) in [6, 6.07) is 0. The summed E-state index contributed by atoms with van der Waals surface area (Å²) in [5.74, 6) is -1.25. The van der Waals surface area contributed by atoms with Gasteiger partial charge < -0.3 is 5.11 Å². The molecule has 0 bridgehead atoms. The van der Waals surface area contributed by atoms with Crippen molar-refractivity contribution < 1.29 is 14.3 Å². The first-order valence-corrected chi connectivity index (χ1v) is 4.89. The van der Waals surface area contributed by atoms with Gasteiger partial charge in [-0.05, 0) is 18.8 Å². The van der Waals surface area contributed by atoms with Gasteiger partial charge >= 0.3 is 5.97 Å². The van der Waals surface area contributed by atoms with E-state index in [4.69, 9.17) is 5.11 Å². The van der Waals surface area contributed by atoms with Crippen LogP contribution in [0.15, 0.2) is 0 Å². The third-order valence-corrected chi connectivity index (χ3v) is 2.58. The molecule has 0 fully saturated rings. The van der Waals surface area contributed by atoms with Gasteiger partial charge in [-0.3, -0.25) is 0 Å². The van der Waals surface area contributed by atoms with Crippen LogP contribution in [0.5, 0.6) is 0 Å². The van der Waals surface area contributed by atoms with Gasteiger partial charge in [-0.15, -0.1) is 0 Å². The molecule has 3 unspecified atom stereocenters. The van der Waals surface area contributed by atoms with Crippen molar-refractivity contribution in [3.05, 3.63) is 0 Å². The second-order valence-electron chi connectivity index (χ2n) is 3.66. The zero-order chi connectivity index (χ0) is 10.4. The summed E-state index contributed by atoms with van der Waals surface area (Å²) in [7, 11) is 0. The summed E-state index contributed by atoms with van der Waals surface area (Å²) in [5.41, 5.74) is 0. The van der Waals surface area contributed by atoms with Crippen molar-refractivity contribution >= 4 is 5.97 Å². The molecule has 0 aliphatic carbocycles. The Hall–Kier alpha value is -0.600. The van der Waals surface area contributed by atoms with Crippen molar-refractivity contribution in [2.24, 2.45) is 11.8 Å². The van der Waals surface area contributed by atoms with E-state index in [0.717, 1.165) is 6.42 Å². The van der Waals surface area contributed by atoms with Gasteiger partial charge in [0.25, 0.3) is 0 Å². The Bertz CT molecular complexity index is 159. The molecular weight excluding hydrogens is 171 g/mol. The quantitative estimate of drug-likeness (QED) is 0.699. The number of carboxylic acids is 1. The Morgan fingerprint density at radius 2 is 1.92 bits per heavy atom. The van der Waals surface area contributed by atoms with Crippen LogP contribution in [-0.2, 0) is 4.79 Å². The highest BCUT2D eigenvalue weighted by Crippen LogP contribution is 2.23. The molecule has 0 spiro atoms. The highest BCUT2D eigenvalue weighted by atomic mass is 19.1. The molecule has 0 radical (unpaired) electrons. The van der Waals surface area contributed by atoms with Gasteiger partial charge in [0.2, 0.25) is 0 Å². The largest absolute Gasteiger partial charge is 0.479 e. The molecule has 0 rings (SSSR count). The normalized spacial score (nSPS) is 17.8. The fraction of sp³-hybridized carbons (Fsp3) is 0.900. The minimum atomic E-state index is -1.70. The fourth-order valence-corrected chi connectivity index (χ4v) is 1.38. The lowest BCUT2D eigenvalue weighted by Gasteiger charge is -2.19. The van der Waals surface area contributed by atoms with Gasteiger partial charge in [-0.25, -0.2) is 9.18 Å². The molecule has 13 heavy (non-hydrogen) atoms. The lowest BCUT2D eigenvalue weighted by atomic mass is 9.89. The molecule has 3 atom stereocenters. The molecule has 0 aliphatic heterocycles. The number of alkyl halides is 1. The van der Waals surface area contributed by atoms with Gasteiger partial charge in [0.15, 0.2) is 6.17 Å². The summed E-state index contributed by atoms with van der Waals surface area (Å²) in [4.78, 5) is 10.4. The van der Waals surface area contributed by atoms with Crippen molar-refractivity contribution in [1.82, 2.24) is 0 Å². The van der Waals surface area contributed by atoms with Gasteiger partial charge in [-0.1, -0.05) is 27.2 Å². The first-order chi connectivity index (χ1) is 6.02. The zero-order valence-corrected chi connectivity index (χ0v) is 8.59. The molecule has 0 saturated heterocycles. The summed E-state index contributed by atoms with van der Waals surface area (Å²) in [6.45, 7) is 5.89. The maximum Gasteiger partial charge on any atom is 0.338 e. The topological polar surface area (TPSA) is 37.3 Å². The van der Waals surface area contributed by atoms with E-state index in [1.807, 2.05) is 20.8 Å². The van der Waals surface area contributed by atoms with Gasteiger partial charge in [0, 0.05) is 5.92 Å². The van der Waals surface area contributed by atoms with Crippen LogP contribution in [-0.4, -0.2) is 17.2 Å². The number of aliphatic carboxylic acids is 1. The highest BCUT2D eigenvalue weighted by molar-refractivity contribution is 5.72. The standard InChI is InChI=1S/C10H19FO2/c1-4-7(3)6-8(5-2)9(11)10(12)13/h7-9H,4-6H2,1-3H3,(H,12,13). The fourth-order valence-electron chi connectivity index (χ4n) is 1.38. The van der Waals surface area contributed by atoms with Crippen molar-refractivity contribution in [2.75, 3.05) is 0 Å². The molecular formula is C10H19FO2. The Morgan fingerprint density at radius 3 is 2.23 bits per heavy atom. The summed E-state index contributed by atoms with van der Waals surface area (Å²) in [5, 5.41) is 8.49. The van der Waals surface area contributed by atoms with Crippen LogP contribution in [0.25, 0.3) is 0 Å². The second kappa shape index (κ2) is 5.95. The van der Waals surface area contributed by atoms with Crippen molar-refractivity contribution in [3.8, 4) is 0 Å². The predicted octanol–water partition coefficient (Wildman–Crippen LogP) is 2.87. The molecule has 3 heteroatoms. The predicted molar refractivity (Wildman–Crippen MR) is 50.4 cm³/mol. The van der Waals surface area contributed by atoms with Crippen LogP contribution >= 0.6 is 0 Å². The van der Waals surface area contributed by atoms with Crippen LogP contribution in [0, 0.1) is 11.8 Å². The molecule has 0 heterocycles.